The molecule has 1 aromatic carbocycles. The maximum atomic E-state index is 11.2. The van der Waals surface area contributed by atoms with Crippen LogP contribution in [0.1, 0.15) is 16.1 Å². The van der Waals surface area contributed by atoms with E-state index in [1.54, 1.807) is 24.3 Å². The van der Waals surface area contributed by atoms with Crippen molar-refractivity contribution in [1.82, 2.24) is 0 Å². The van der Waals surface area contributed by atoms with Crippen molar-refractivity contribution in [3.8, 4) is 0 Å². The Kier molecular flexibility index (Phi) is 4.18. The number of rotatable bonds is 6. The molecule has 0 aliphatic heterocycles. The molecule has 7 nitrogen and oxygen atoms in total. The molecule has 0 amide bonds. The summed E-state index contributed by atoms with van der Waals surface area (Å²) in [5, 5.41) is 11.8. The Hall–Kier alpha value is -2.48. The van der Waals surface area contributed by atoms with Gasteiger partial charge in [-0.15, -0.1) is 0 Å². The summed E-state index contributed by atoms with van der Waals surface area (Å²) in [7, 11) is -3.33. The zero-order valence-electron chi connectivity index (χ0n) is 11.2. The van der Waals surface area contributed by atoms with E-state index in [0.29, 0.717) is 17.1 Å². The van der Waals surface area contributed by atoms with Crippen molar-refractivity contribution in [2.24, 2.45) is 0 Å². The van der Waals surface area contributed by atoms with Crippen LogP contribution in [-0.2, 0) is 16.6 Å². The maximum absolute atomic E-state index is 11.2. The van der Waals surface area contributed by atoms with Crippen molar-refractivity contribution in [2.75, 3.05) is 16.3 Å². The third kappa shape index (κ3) is 4.53. The highest BCUT2D eigenvalue weighted by Gasteiger charge is 2.08. The first-order chi connectivity index (χ1) is 9.83. The van der Waals surface area contributed by atoms with Crippen LogP contribution in [0.3, 0.4) is 0 Å². The fraction of sp³-hybridized carbons (Fsp3) is 0.154. The molecule has 1 aromatic heterocycles. The second-order valence-electron chi connectivity index (χ2n) is 4.42. The molecule has 0 fully saturated rings. The molecule has 3 N–H and O–H groups in total. The maximum Gasteiger partial charge on any atom is 0.338 e. The molecule has 112 valence electrons. The molecule has 0 radical (unpaired) electrons. The molecule has 0 saturated heterocycles. The number of benzene rings is 1. The first-order valence-corrected chi connectivity index (χ1v) is 7.85. The van der Waals surface area contributed by atoms with Gasteiger partial charge in [-0.2, -0.15) is 0 Å². The van der Waals surface area contributed by atoms with Crippen LogP contribution >= 0.6 is 0 Å². The van der Waals surface area contributed by atoms with Crippen LogP contribution in [0, 0.1) is 0 Å². The van der Waals surface area contributed by atoms with Crippen LogP contribution in [-0.4, -0.2) is 25.7 Å². The topological polar surface area (TPSA) is 109 Å². The van der Waals surface area contributed by atoms with E-state index in [1.807, 2.05) is 0 Å². The SMILES string of the molecule is CS(=O)(=O)Nc1cccc(NCc2cc(C(=O)O)co2)c1. The van der Waals surface area contributed by atoms with Crippen LogP contribution in [0.4, 0.5) is 11.4 Å². The molecule has 0 spiro atoms. The third-order valence-electron chi connectivity index (χ3n) is 2.53. The minimum Gasteiger partial charge on any atom is -0.478 e. The number of hydrogen-bond donors (Lipinski definition) is 3. The molecular formula is C13H14N2O5S. The summed E-state index contributed by atoms with van der Waals surface area (Å²) in [4.78, 5) is 10.7. The number of sulfonamides is 1. The number of carboxylic acids is 1. The molecule has 0 aliphatic rings. The number of nitrogens with one attached hydrogen (secondary N) is 2. The molecule has 0 aliphatic carbocycles. The van der Waals surface area contributed by atoms with E-state index in [2.05, 4.69) is 10.0 Å². The van der Waals surface area contributed by atoms with Crippen LogP contribution in [0.2, 0.25) is 0 Å². The van der Waals surface area contributed by atoms with E-state index in [9.17, 15) is 13.2 Å². The van der Waals surface area contributed by atoms with Gasteiger partial charge < -0.3 is 14.8 Å². The summed E-state index contributed by atoms with van der Waals surface area (Å²) in [5.41, 5.74) is 1.20. The normalized spacial score (nSPS) is 11.1. The smallest absolute Gasteiger partial charge is 0.338 e. The van der Waals surface area contributed by atoms with Gasteiger partial charge in [-0.05, 0) is 24.3 Å². The number of furan rings is 1. The Morgan fingerprint density at radius 3 is 2.62 bits per heavy atom. The second kappa shape index (κ2) is 5.88. The molecule has 8 heteroatoms. The minimum atomic E-state index is -3.33. The average Bonchev–Trinajstić information content (AvgIpc) is 2.83. The molecule has 0 bridgehead atoms. The van der Waals surface area contributed by atoms with E-state index in [1.165, 1.54) is 12.3 Å². The first kappa shape index (κ1) is 14.9. The minimum absolute atomic E-state index is 0.0827. The molecule has 0 saturated carbocycles. The number of hydrogen-bond acceptors (Lipinski definition) is 5. The third-order valence-corrected chi connectivity index (χ3v) is 3.14. The Labute approximate surface area is 121 Å². The van der Waals surface area contributed by atoms with Gasteiger partial charge in [-0.25, -0.2) is 13.2 Å². The molecule has 2 rings (SSSR count). The highest BCUT2D eigenvalue weighted by atomic mass is 32.2. The van der Waals surface area contributed by atoms with Gasteiger partial charge >= 0.3 is 5.97 Å². The molecular weight excluding hydrogens is 296 g/mol. The lowest BCUT2D eigenvalue weighted by atomic mass is 10.2. The highest BCUT2D eigenvalue weighted by Crippen LogP contribution is 2.17. The van der Waals surface area contributed by atoms with Crippen LogP contribution < -0.4 is 10.0 Å². The van der Waals surface area contributed by atoms with Gasteiger partial charge in [-0.3, -0.25) is 4.72 Å². The standard InChI is InChI=1S/C13H14N2O5S/c1-21(18,19)15-11-4-2-3-10(6-11)14-7-12-5-9(8-20-12)13(16)17/h2-6,8,14-15H,7H2,1H3,(H,16,17). The summed E-state index contributed by atoms with van der Waals surface area (Å²) in [5.74, 6) is -0.585. The van der Waals surface area contributed by atoms with Crippen molar-refractivity contribution in [1.29, 1.82) is 0 Å². The van der Waals surface area contributed by atoms with E-state index in [4.69, 9.17) is 9.52 Å². The molecule has 21 heavy (non-hydrogen) atoms. The Bertz CT molecular complexity index is 751. The Balaban J connectivity index is 2.02. The fourth-order valence-corrected chi connectivity index (χ4v) is 2.24. The van der Waals surface area contributed by atoms with E-state index in [-0.39, 0.29) is 12.1 Å². The molecule has 0 atom stereocenters. The van der Waals surface area contributed by atoms with Crippen molar-refractivity contribution in [3.63, 3.8) is 0 Å². The van der Waals surface area contributed by atoms with Gasteiger partial charge in [0.15, 0.2) is 0 Å². The Morgan fingerprint density at radius 2 is 2.00 bits per heavy atom. The van der Waals surface area contributed by atoms with Crippen molar-refractivity contribution in [2.45, 2.75) is 6.54 Å². The summed E-state index contributed by atoms with van der Waals surface area (Å²) in [6, 6.07) is 8.13. The average molecular weight is 310 g/mol. The van der Waals surface area contributed by atoms with E-state index in [0.717, 1.165) is 6.26 Å². The zero-order chi connectivity index (χ0) is 15.5. The fourth-order valence-electron chi connectivity index (χ4n) is 1.68. The van der Waals surface area contributed by atoms with Gasteiger partial charge in [-0.1, -0.05) is 6.07 Å². The van der Waals surface area contributed by atoms with Crippen molar-refractivity contribution in [3.05, 3.63) is 47.9 Å². The summed E-state index contributed by atoms with van der Waals surface area (Å²) >= 11 is 0. The lowest BCUT2D eigenvalue weighted by Crippen LogP contribution is -2.09. The van der Waals surface area contributed by atoms with Gasteiger partial charge in [0, 0.05) is 5.69 Å². The largest absolute Gasteiger partial charge is 0.478 e. The summed E-state index contributed by atoms with van der Waals surface area (Å²) in [6.07, 6.45) is 2.24. The van der Waals surface area contributed by atoms with Gasteiger partial charge in [0.25, 0.3) is 0 Å². The number of carbonyl (C=O) groups is 1. The van der Waals surface area contributed by atoms with Crippen molar-refractivity contribution < 1.29 is 22.7 Å². The summed E-state index contributed by atoms with van der Waals surface area (Å²) < 4.78 is 29.8. The van der Waals surface area contributed by atoms with Gasteiger partial charge in [0.1, 0.15) is 12.0 Å². The Morgan fingerprint density at radius 1 is 1.29 bits per heavy atom. The number of anilines is 2. The predicted octanol–water partition coefficient (Wildman–Crippen LogP) is 1.96. The molecule has 2 aromatic rings. The number of aromatic carboxylic acids is 1. The zero-order valence-corrected chi connectivity index (χ0v) is 12.0. The van der Waals surface area contributed by atoms with E-state index < -0.39 is 16.0 Å². The molecule has 0 unspecified atom stereocenters. The summed E-state index contributed by atoms with van der Waals surface area (Å²) in [6.45, 7) is 0.287. The lowest BCUT2D eigenvalue weighted by molar-refractivity contribution is 0.0696. The first-order valence-electron chi connectivity index (χ1n) is 5.96. The van der Waals surface area contributed by atoms with Gasteiger partial charge in [0.05, 0.1) is 24.1 Å². The van der Waals surface area contributed by atoms with Crippen molar-refractivity contribution >= 4 is 27.4 Å². The lowest BCUT2D eigenvalue weighted by Gasteiger charge is -2.08. The van der Waals surface area contributed by atoms with Crippen LogP contribution in [0.15, 0.2) is 41.0 Å². The van der Waals surface area contributed by atoms with Gasteiger partial charge in [0.2, 0.25) is 10.0 Å². The van der Waals surface area contributed by atoms with E-state index >= 15 is 0 Å². The monoisotopic (exact) mass is 310 g/mol. The molecule has 1 heterocycles. The van der Waals surface area contributed by atoms with Crippen LogP contribution in [0.5, 0.6) is 0 Å². The second-order valence-corrected chi connectivity index (χ2v) is 6.16. The van der Waals surface area contributed by atoms with Crippen LogP contribution in [0.25, 0.3) is 0 Å². The quantitative estimate of drug-likeness (QED) is 0.752. The highest BCUT2D eigenvalue weighted by molar-refractivity contribution is 7.92. The predicted molar refractivity (Wildman–Crippen MR) is 77.9 cm³/mol. The number of carboxylic acid groups (broad SMARTS) is 1.